The van der Waals surface area contributed by atoms with E-state index in [2.05, 4.69) is 41.0 Å². The summed E-state index contributed by atoms with van der Waals surface area (Å²) in [5.74, 6) is 0.268. The molecule has 2 unspecified atom stereocenters. The van der Waals surface area contributed by atoms with Crippen LogP contribution in [0.15, 0.2) is 102 Å². The van der Waals surface area contributed by atoms with Crippen LogP contribution < -0.4 is 16.1 Å². The monoisotopic (exact) mass is 673 g/mol. The van der Waals surface area contributed by atoms with Crippen LogP contribution in [0, 0.1) is 12.3 Å². The third kappa shape index (κ3) is 5.29. The van der Waals surface area contributed by atoms with Crippen LogP contribution in [0.5, 0.6) is 23.0 Å². The molecule has 0 amide bonds. The molecule has 8 rings (SSSR count). The van der Waals surface area contributed by atoms with Crippen molar-refractivity contribution in [1.82, 2.24) is 10.6 Å². The van der Waals surface area contributed by atoms with Gasteiger partial charge >= 0.3 is 0 Å². The minimum absolute atomic E-state index is 0.00512. The van der Waals surface area contributed by atoms with Gasteiger partial charge in [0.25, 0.3) is 0 Å². The molecular weight excluding hydrogens is 633 g/mol. The Labute approximate surface area is 298 Å². The molecule has 3 aliphatic rings. The predicted octanol–water partition coefficient (Wildman–Crippen LogP) is 6.96. The van der Waals surface area contributed by atoms with Gasteiger partial charge in [-0.05, 0) is 88.7 Å². The zero-order valence-corrected chi connectivity index (χ0v) is 28.9. The quantitative estimate of drug-likeness (QED) is 0.0323. The Balaban J connectivity index is 1.11. The summed E-state index contributed by atoms with van der Waals surface area (Å²) in [6, 6.07) is 27.2. The van der Waals surface area contributed by atoms with E-state index >= 15 is 0 Å². The second-order valence-corrected chi connectivity index (χ2v) is 13.9. The van der Waals surface area contributed by atoms with Gasteiger partial charge in [-0.25, -0.2) is 0 Å². The first-order valence-corrected chi connectivity index (χ1v) is 17.5. The van der Waals surface area contributed by atoms with Crippen molar-refractivity contribution < 1.29 is 20.4 Å². The fraction of sp³-hybridized carbons (Fsp3) is 0.186. The molecule has 51 heavy (non-hydrogen) atoms. The normalized spacial score (nSPS) is 15.4. The molecule has 0 heterocycles. The molecule has 3 aliphatic carbocycles. The number of aromatic hydroxyl groups is 4. The average molecular weight is 674 g/mol. The lowest BCUT2D eigenvalue weighted by molar-refractivity contribution is 0.407. The fourth-order valence-corrected chi connectivity index (χ4v) is 8.43. The van der Waals surface area contributed by atoms with Crippen molar-refractivity contribution >= 4 is 24.7 Å². The second kappa shape index (κ2) is 12.6. The summed E-state index contributed by atoms with van der Waals surface area (Å²) in [7, 11) is 1.77. The number of rotatable bonds is 7. The number of hydrogen-bond donors (Lipinski definition) is 7. The minimum Gasteiger partial charge on any atom is -0.508 e. The Morgan fingerprint density at radius 1 is 0.745 bits per heavy atom. The van der Waals surface area contributed by atoms with E-state index in [1.54, 1.807) is 14.8 Å². The Hall–Kier alpha value is -5.73. The largest absolute Gasteiger partial charge is 0.508 e. The first-order chi connectivity index (χ1) is 24.6. The SMILES string of the molecule is Bc1c(O)c(-c2ccccc2)c(O)c2c1-c1c(O)c(C)c(C(C)NC(NC(=N)C3=CC4=C(CC3)c3ccccc3C4)c3ccccc3)c(O)c1C2. The van der Waals surface area contributed by atoms with Crippen LogP contribution in [0.1, 0.15) is 70.9 Å². The number of hydrogen-bond acceptors (Lipinski definition) is 6. The summed E-state index contributed by atoms with van der Waals surface area (Å²) in [5.41, 5.74) is 11.8. The average Bonchev–Trinajstić information content (AvgIpc) is 3.73. The van der Waals surface area contributed by atoms with Crippen LogP contribution >= 0.6 is 0 Å². The van der Waals surface area contributed by atoms with Crippen LogP contribution in [-0.2, 0) is 12.8 Å². The molecule has 0 saturated heterocycles. The van der Waals surface area contributed by atoms with Gasteiger partial charge in [-0.15, -0.1) is 0 Å². The van der Waals surface area contributed by atoms with E-state index in [-0.39, 0.29) is 29.4 Å². The van der Waals surface area contributed by atoms with Gasteiger partial charge in [0.05, 0.1) is 5.56 Å². The molecule has 0 radical (unpaired) electrons. The van der Waals surface area contributed by atoms with Crippen molar-refractivity contribution in [2.24, 2.45) is 0 Å². The van der Waals surface area contributed by atoms with Crippen LogP contribution in [0.25, 0.3) is 27.8 Å². The van der Waals surface area contributed by atoms with E-state index in [4.69, 9.17) is 0 Å². The minimum atomic E-state index is -0.478. The van der Waals surface area contributed by atoms with Crippen molar-refractivity contribution in [3.63, 3.8) is 0 Å². The third-order valence-corrected chi connectivity index (χ3v) is 11.0. The summed E-state index contributed by atoms with van der Waals surface area (Å²) in [4.78, 5) is 0. The molecule has 7 N–H and O–H groups in total. The standard InChI is InChI=1S/C43H40BN3O4/c1-22-33(39(49)32-21-31-35(36(32)38(22)48)37(44)41(51)34(40(31)50)24-11-5-3-6-12-24)23(2)46-43(25-13-7-4-8-14-25)47-42(45)27-17-18-30-28(20-27)19-26-15-9-10-16-29(26)30/h3-16,20,23,43,46,48-51H,17-19,21,44H2,1-2H3,(H2,45,47). The van der Waals surface area contributed by atoms with E-state index < -0.39 is 12.2 Å². The van der Waals surface area contributed by atoms with E-state index in [0.29, 0.717) is 55.8 Å². The molecule has 5 aromatic rings. The van der Waals surface area contributed by atoms with Gasteiger partial charge in [-0.3, -0.25) is 10.7 Å². The van der Waals surface area contributed by atoms with Crippen molar-refractivity contribution in [3.05, 3.63) is 141 Å². The number of phenolic OH excluding ortho intramolecular Hbond substituents is 4. The molecule has 0 fully saturated rings. The first kappa shape index (κ1) is 32.5. The third-order valence-electron chi connectivity index (χ3n) is 11.0. The zero-order valence-electron chi connectivity index (χ0n) is 28.9. The zero-order chi connectivity index (χ0) is 35.6. The molecule has 7 nitrogen and oxygen atoms in total. The maximum atomic E-state index is 12.0. The molecule has 254 valence electrons. The number of benzene rings is 5. The number of nitrogens with one attached hydrogen (secondary N) is 3. The van der Waals surface area contributed by atoms with Crippen LogP contribution in [-0.4, -0.2) is 34.1 Å². The van der Waals surface area contributed by atoms with Gasteiger partial charge in [0.2, 0.25) is 0 Å². The van der Waals surface area contributed by atoms with Crippen molar-refractivity contribution in [2.45, 2.75) is 51.7 Å². The Morgan fingerprint density at radius 3 is 2.16 bits per heavy atom. The predicted molar refractivity (Wildman–Crippen MR) is 206 cm³/mol. The summed E-state index contributed by atoms with van der Waals surface area (Å²) in [6.07, 6.45) is 4.43. The van der Waals surface area contributed by atoms with E-state index in [1.165, 1.54) is 22.3 Å². The Bertz CT molecular complexity index is 2310. The molecular formula is C43H40BN3O4. The lowest BCUT2D eigenvalue weighted by Crippen LogP contribution is -2.40. The summed E-state index contributed by atoms with van der Waals surface area (Å²) in [6.45, 7) is 3.71. The Kier molecular flexibility index (Phi) is 7.99. The van der Waals surface area contributed by atoms with Crippen molar-refractivity contribution in [1.29, 1.82) is 5.41 Å². The molecule has 8 heteroatoms. The van der Waals surface area contributed by atoms with E-state index in [0.717, 1.165) is 30.4 Å². The number of fused-ring (bicyclic) bond motifs is 5. The molecule has 5 aromatic carbocycles. The molecule has 0 bridgehead atoms. The summed E-state index contributed by atoms with van der Waals surface area (Å²) >= 11 is 0. The smallest absolute Gasteiger partial charge is 0.145 e. The van der Waals surface area contributed by atoms with E-state index in [1.807, 2.05) is 67.6 Å². The maximum Gasteiger partial charge on any atom is 0.145 e. The summed E-state index contributed by atoms with van der Waals surface area (Å²) in [5, 5.41) is 62.8. The molecule has 0 saturated carbocycles. The van der Waals surface area contributed by atoms with Gasteiger partial charge in [-0.1, -0.05) is 91.0 Å². The fourth-order valence-electron chi connectivity index (χ4n) is 8.43. The first-order valence-electron chi connectivity index (χ1n) is 17.5. The summed E-state index contributed by atoms with van der Waals surface area (Å²) < 4.78 is 0. The topological polar surface area (TPSA) is 129 Å². The van der Waals surface area contributed by atoms with Gasteiger partial charge in [0.1, 0.15) is 42.8 Å². The van der Waals surface area contributed by atoms with Crippen molar-refractivity contribution in [2.75, 3.05) is 0 Å². The highest BCUT2D eigenvalue weighted by atomic mass is 16.3. The highest BCUT2D eigenvalue weighted by Crippen LogP contribution is 2.55. The van der Waals surface area contributed by atoms with Crippen LogP contribution in [0.3, 0.4) is 0 Å². The molecule has 0 spiro atoms. The van der Waals surface area contributed by atoms with Crippen molar-refractivity contribution in [3.8, 4) is 45.3 Å². The number of phenols is 4. The molecule has 0 aliphatic heterocycles. The second-order valence-electron chi connectivity index (χ2n) is 13.9. The van der Waals surface area contributed by atoms with Gasteiger partial charge in [0.15, 0.2) is 0 Å². The lowest BCUT2D eigenvalue weighted by atomic mass is 9.81. The Morgan fingerprint density at radius 2 is 1.41 bits per heavy atom. The van der Waals surface area contributed by atoms with Gasteiger partial charge in [0, 0.05) is 34.7 Å². The number of allylic oxidation sites excluding steroid dienone is 3. The maximum absolute atomic E-state index is 12.0. The van der Waals surface area contributed by atoms with Gasteiger partial charge in [-0.2, -0.15) is 0 Å². The molecule has 0 aromatic heterocycles. The van der Waals surface area contributed by atoms with Crippen LogP contribution in [0.4, 0.5) is 0 Å². The number of amidine groups is 1. The molecule has 2 atom stereocenters. The highest BCUT2D eigenvalue weighted by molar-refractivity contribution is 6.39. The van der Waals surface area contributed by atoms with Crippen LogP contribution in [0.2, 0.25) is 0 Å². The van der Waals surface area contributed by atoms with Gasteiger partial charge < -0.3 is 25.7 Å². The lowest BCUT2D eigenvalue weighted by Gasteiger charge is -2.29. The van der Waals surface area contributed by atoms with E-state index in [9.17, 15) is 25.8 Å². The highest BCUT2D eigenvalue weighted by Gasteiger charge is 2.36.